The first-order valence-electron chi connectivity index (χ1n) is 10.1. The Kier molecular flexibility index (Phi) is 5.89. The highest BCUT2D eigenvalue weighted by Gasteiger charge is 2.24. The molecule has 164 valence electrons. The van der Waals surface area contributed by atoms with Gasteiger partial charge in [0.25, 0.3) is 11.5 Å². The van der Waals surface area contributed by atoms with Gasteiger partial charge in [-0.2, -0.15) is 0 Å². The maximum Gasteiger partial charge on any atom is 0.332 e. The first-order chi connectivity index (χ1) is 15.5. The Bertz CT molecular complexity index is 1310. The Morgan fingerprint density at radius 1 is 1.12 bits per heavy atom. The number of ether oxygens (including phenoxy) is 1. The third-order valence-corrected chi connectivity index (χ3v) is 5.23. The maximum absolute atomic E-state index is 13.1. The molecular formula is C23H23N5O4. The van der Waals surface area contributed by atoms with Gasteiger partial charge >= 0.3 is 5.69 Å². The van der Waals surface area contributed by atoms with Crippen LogP contribution in [0.15, 0.2) is 69.2 Å². The van der Waals surface area contributed by atoms with Gasteiger partial charge in [-0.1, -0.05) is 42.5 Å². The second-order valence-electron chi connectivity index (χ2n) is 7.36. The maximum atomic E-state index is 13.1. The Hall–Kier alpha value is -4.14. The van der Waals surface area contributed by atoms with Crippen LogP contribution in [0.3, 0.4) is 0 Å². The lowest BCUT2D eigenvalue weighted by Crippen LogP contribution is -2.43. The lowest BCUT2D eigenvalue weighted by molar-refractivity contribution is -0.115. The van der Waals surface area contributed by atoms with Gasteiger partial charge in [0.2, 0.25) is 0 Å². The van der Waals surface area contributed by atoms with Crippen molar-refractivity contribution in [2.45, 2.75) is 13.1 Å². The number of nitrogens with one attached hydrogen (secondary N) is 2. The molecule has 0 bridgehead atoms. The standard InChI is InChI=1S/C23H23N5O4/c1-27-20-19(22(30)28(23(27)31)14-15-7-4-3-5-8-15)26-18(13-24-20)21(29)25-12-16-9-6-10-17(11-16)32-2/h3-11,24H,12-14H2,1-2H3,(H,25,29). The van der Waals surface area contributed by atoms with Gasteiger partial charge in [0.1, 0.15) is 17.3 Å². The summed E-state index contributed by atoms with van der Waals surface area (Å²) in [5.74, 6) is 0.602. The van der Waals surface area contributed by atoms with Crippen LogP contribution in [0.1, 0.15) is 11.1 Å². The third-order valence-electron chi connectivity index (χ3n) is 5.23. The van der Waals surface area contributed by atoms with Crippen LogP contribution < -0.4 is 26.6 Å². The number of hydrogen-bond acceptors (Lipinski definition) is 6. The molecule has 32 heavy (non-hydrogen) atoms. The number of methoxy groups -OCH3 is 1. The number of carbonyl (C=O) groups is 1. The molecule has 0 saturated heterocycles. The number of carbonyl (C=O) groups excluding carboxylic acids is 1. The number of aromatic nitrogens is 2. The van der Waals surface area contributed by atoms with E-state index in [-0.39, 0.29) is 31.0 Å². The summed E-state index contributed by atoms with van der Waals surface area (Å²) in [5, 5.41) is 5.80. The van der Waals surface area contributed by atoms with Crippen LogP contribution in [-0.4, -0.2) is 34.4 Å². The minimum absolute atomic E-state index is 0.0424. The number of nitrogens with zero attached hydrogens (tertiary/aromatic N) is 3. The zero-order valence-corrected chi connectivity index (χ0v) is 17.8. The van der Waals surface area contributed by atoms with Crippen molar-refractivity contribution in [3.8, 4) is 5.75 Å². The first kappa shape index (κ1) is 21.1. The summed E-state index contributed by atoms with van der Waals surface area (Å²) < 4.78 is 7.66. The molecule has 0 unspecified atom stereocenters. The summed E-state index contributed by atoms with van der Waals surface area (Å²) >= 11 is 0. The highest BCUT2D eigenvalue weighted by atomic mass is 16.5. The molecule has 9 heteroatoms. The number of aliphatic imine (C=N–C) groups is 1. The molecule has 1 aromatic heterocycles. The molecule has 1 amide bonds. The van der Waals surface area contributed by atoms with Crippen LogP contribution in [0.4, 0.5) is 11.5 Å². The van der Waals surface area contributed by atoms with E-state index >= 15 is 0 Å². The molecule has 1 aliphatic heterocycles. The summed E-state index contributed by atoms with van der Waals surface area (Å²) in [6.45, 7) is 0.506. The number of anilines is 1. The van der Waals surface area contributed by atoms with Crippen molar-refractivity contribution in [2.24, 2.45) is 12.0 Å². The van der Waals surface area contributed by atoms with E-state index in [4.69, 9.17) is 4.74 Å². The van der Waals surface area contributed by atoms with E-state index in [1.807, 2.05) is 54.6 Å². The Balaban J connectivity index is 1.61. The minimum atomic E-state index is -0.544. The fourth-order valence-electron chi connectivity index (χ4n) is 3.50. The number of rotatable bonds is 6. The SMILES string of the molecule is COc1cccc(CNC(=O)C2=Nc3c(n(C)c(=O)n(Cc4ccccc4)c3=O)NC2)c1. The van der Waals surface area contributed by atoms with Crippen molar-refractivity contribution in [1.29, 1.82) is 0 Å². The molecule has 2 N–H and O–H groups in total. The molecule has 4 rings (SSSR count). The van der Waals surface area contributed by atoms with E-state index in [9.17, 15) is 14.4 Å². The highest BCUT2D eigenvalue weighted by Crippen LogP contribution is 2.22. The predicted octanol–water partition coefficient (Wildman–Crippen LogP) is 1.42. The molecule has 0 atom stereocenters. The molecule has 0 aliphatic carbocycles. The molecule has 0 spiro atoms. The van der Waals surface area contributed by atoms with Crippen molar-refractivity contribution in [3.63, 3.8) is 0 Å². The van der Waals surface area contributed by atoms with Crippen molar-refractivity contribution >= 4 is 23.1 Å². The van der Waals surface area contributed by atoms with E-state index in [2.05, 4.69) is 15.6 Å². The predicted molar refractivity (Wildman–Crippen MR) is 122 cm³/mol. The van der Waals surface area contributed by atoms with Crippen LogP contribution in [-0.2, 0) is 24.9 Å². The Morgan fingerprint density at radius 3 is 2.62 bits per heavy atom. The number of benzene rings is 2. The second kappa shape index (κ2) is 8.93. The van der Waals surface area contributed by atoms with Gasteiger partial charge in [0, 0.05) is 13.6 Å². The molecule has 0 fully saturated rings. The van der Waals surface area contributed by atoms with Crippen molar-refractivity contribution in [3.05, 3.63) is 86.6 Å². The highest BCUT2D eigenvalue weighted by molar-refractivity contribution is 6.41. The molecule has 0 radical (unpaired) electrons. The second-order valence-corrected chi connectivity index (χ2v) is 7.36. The normalized spacial score (nSPS) is 12.4. The molecular weight excluding hydrogens is 410 g/mol. The van der Waals surface area contributed by atoms with Crippen LogP contribution in [0.2, 0.25) is 0 Å². The van der Waals surface area contributed by atoms with Crippen LogP contribution >= 0.6 is 0 Å². The van der Waals surface area contributed by atoms with Crippen LogP contribution in [0.5, 0.6) is 5.75 Å². The zero-order valence-electron chi connectivity index (χ0n) is 17.8. The van der Waals surface area contributed by atoms with Crippen LogP contribution in [0.25, 0.3) is 0 Å². The molecule has 2 heterocycles. The van der Waals surface area contributed by atoms with Gasteiger partial charge in [-0.3, -0.25) is 18.7 Å². The molecule has 9 nitrogen and oxygen atoms in total. The summed E-state index contributed by atoms with van der Waals surface area (Å²) in [5.41, 5.74) is 0.900. The first-order valence-corrected chi connectivity index (χ1v) is 10.1. The fourth-order valence-corrected chi connectivity index (χ4v) is 3.50. The van der Waals surface area contributed by atoms with Crippen molar-refractivity contribution < 1.29 is 9.53 Å². The van der Waals surface area contributed by atoms with Crippen molar-refractivity contribution in [2.75, 3.05) is 19.0 Å². The fraction of sp³-hybridized carbons (Fsp3) is 0.217. The van der Waals surface area contributed by atoms with Gasteiger partial charge in [-0.05, 0) is 23.3 Å². The lowest BCUT2D eigenvalue weighted by atomic mass is 10.2. The zero-order chi connectivity index (χ0) is 22.7. The van der Waals surface area contributed by atoms with E-state index in [0.717, 1.165) is 15.7 Å². The topological polar surface area (TPSA) is 107 Å². The summed E-state index contributed by atoms with van der Waals surface area (Å²) in [6.07, 6.45) is 0. The van der Waals surface area contributed by atoms with Crippen LogP contribution in [0, 0.1) is 0 Å². The van der Waals surface area contributed by atoms with Gasteiger partial charge in [-0.25, -0.2) is 9.79 Å². The van der Waals surface area contributed by atoms with Crippen molar-refractivity contribution in [1.82, 2.24) is 14.5 Å². The quantitative estimate of drug-likeness (QED) is 0.612. The minimum Gasteiger partial charge on any atom is -0.497 e. The molecule has 2 aromatic carbocycles. The van der Waals surface area contributed by atoms with E-state index in [1.165, 1.54) is 4.57 Å². The largest absolute Gasteiger partial charge is 0.497 e. The average molecular weight is 433 g/mol. The summed E-state index contributed by atoms with van der Waals surface area (Å²) in [4.78, 5) is 42.8. The summed E-state index contributed by atoms with van der Waals surface area (Å²) in [6, 6.07) is 16.6. The van der Waals surface area contributed by atoms with E-state index < -0.39 is 17.2 Å². The van der Waals surface area contributed by atoms with Gasteiger partial charge in [0.05, 0.1) is 20.2 Å². The van der Waals surface area contributed by atoms with Gasteiger partial charge in [0.15, 0.2) is 5.69 Å². The molecule has 3 aromatic rings. The van der Waals surface area contributed by atoms with E-state index in [1.54, 1.807) is 14.2 Å². The third kappa shape index (κ3) is 4.18. The number of hydrogen-bond donors (Lipinski definition) is 2. The Morgan fingerprint density at radius 2 is 1.88 bits per heavy atom. The monoisotopic (exact) mass is 433 g/mol. The molecule has 0 saturated carbocycles. The summed E-state index contributed by atoms with van der Waals surface area (Å²) in [7, 11) is 3.15. The number of amides is 1. The van der Waals surface area contributed by atoms with Gasteiger partial charge in [-0.15, -0.1) is 0 Å². The van der Waals surface area contributed by atoms with E-state index in [0.29, 0.717) is 11.6 Å². The smallest absolute Gasteiger partial charge is 0.332 e. The molecule has 1 aliphatic rings. The van der Waals surface area contributed by atoms with Gasteiger partial charge < -0.3 is 15.4 Å². The lowest BCUT2D eigenvalue weighted by Gasteiger charge is -2.20. The Labute approximate surface area is 184 Å². The number of fused-ring (bicyclic) bond motifs is 1. The average Bonchev–Trinajstić information content (AvgIpc) is 2.84.